The number of nitrogens with zero attached hydrogens (tertiary/aromatic N) is 1. The van der Waals surface area contributed by atoms with Crippen LogP contribution in [0.1, 0.15) is 0 Å². The van der Waals surface area contributed by atoms with Crippen molar-refractivity contribution in [3.8, 4) is 0 Å². The molecule has 0 aromatic heterocycles. The normalized spacial score (nSPS) is 23.0. The van der Waals surface area contributed by atoms with E-state index in [2.05, 4.69) is 4.74 Å². The lowest BCUT2D eigenvalue weighted by Crippen LogP contribution is -2.53. The molecule has 0 amide bonds. The van der Waals surface area contributed by atoms with Crippen molar-refractivity contribution in [2.24, 2.45) is 0 Å². The van der Waals surface area contributed by atoms with Crippen LogP contribution in [-0.4, -0.2) is 63.2 Å². The quantitative estimate of drug-likeness (QED) is 0.506. The molecule has 0 radical (unpaired) electrons. The molecule has 1 fully saturated rings. The molecule has 1 atom stereocenters. The van der Waals surface area contributed by atoms with E-state index >= 15 is 0 Å². The molecule has 1 saturated heterocycles. The van der Waals surface area contributed by atoms with Crippen molar-refractivity contribution in [2.45, 2.75) is 6.04 Å². The molecule has 16 heavy (non-hydrogen) atoms. The summed E-state index contributed by atoms with van der Waals surface area (Å²) in [5.74, 6) is -0.812. The van der Waals surface area contributed by atoms with E-state index in [-0.39, 0.29) is 31.4 Å². The van der Waals surface area contributed by atoms with E-state index in [1.807, 2.05) is 0 Å². The number of carbonyl (C=O) groups is 1. The fourth-order valence-electron chi connectivity index (χ4n) is 1.46. The maximum Gasteiger partial charge on any atom is 0.326 e. The van der Waals surface area contributed by atoms with Gasteiger partial charge in [-0.05, 0) is 0 Å². The third kappa shape index (κ3) is 3.07. The summed E-state index contributed by atoms with van der Waals surface area (Å²) >= 11 is 5.41. The Labute approximate surface area is 99.5 Å². The Morgan fingerprint density at radius 3 is 2.88 bits per heavy atom. The lowest BCUT2D eigenvalue weighted by molar-refractivity contribution is -0.149. The molecule has 94 valence electrons. The number of morpholine rings is 1. The molecule has 1 heterocycles. The number of esters is 1. The molecule has 0 aromatic carbocycles. The van der Waals surface area contributed by atoms with Crippen LogP contribution >= 0.6 is 11.6 Å². The van der Waals surface area contributed by atoms with Crippen molar-refractivity contribution < 1.29 is 22.7 Å². The molecule has 0 aromatic rings. The van der Waals surface area contributed by atoms with Gasteiger partial charge in [0.15, 0.2) is 0 Å². The molecular formula is C8H14ClNO5S. The molecule has 8 heteroatoms. The zero-order valence-electron chi connectivity index (χ0n) is 8.89. The summed E-state index contributed by atoms with van der Waals surface area (Å²) in [6.45, 7) is 0.447. The first kappa shape index (κ1) is 13.7. The number of rotatable bonds is 4. The Balaban J connectivity index is 2.86. The van der Waals surface area contributed by atoms with Gasteiger partial charge in [0.1, 0.15) is 6.04 Å². The average molecular weight is 272 g/mol. The minimum absolute atomic E-state index is 0.00637. The second-order valence-corrected chi connectivity index (χ2v) is 5.65. The van der Waals surface area contributed by atoms with Gasteiger partial charge < -0.3 is 9.47 Å². The molecule has 6 nitrogen and oxygen atoms in total. The third-order valence-electron chi connectivity index (χ3n) is 2.25. The fraction of sp³-hybridized carbons (Fsp3) is 0.875. The standard InChI is InChI=1S/C8H14ClNO5S/c1-14-8(11)7-6-15-4-3-10(7)16(12,13)5-2-9/h7H,2-6H2,1H3. The number of methoxy groups -OCH3 is 1. The Bertz CT molecular complexity index is 344. The van der Waals surface area contributed by atoms with Crippen molar-refractivity contribution in [3.63, 3.8) is 0 Å². The molecule has 0 saturated carbocycles. The largest absolute Gasteiger partial charge is 0.468 e. The molecule has 1 aliphatic rings. The van der Waals surface area contributed by atoms with E-state index in [0.717, 1.165) is 4.31 Å². The van der Waals surface area contributed by atoms with Crippen molar-refractivity contribution in [3.05, 3.63) is 0 Å². The van der Waals surface area contributed by atoms with Crippen LogP contribution in [-0.2, 0) is 24.3 Å². The highest BCUT2D eigenvalue weighted by atomic mass is 35.5. The molecule has 0 aliphatic carbocycles. The highest BCUT2D eigenvalue weighted by Crippen LogP contribution is 2.14. The number of hydrogen-bond donors (Lipinski definition) is 0. The Kier molecular flexibility index (Phi) is 4.97. The van der Waals surface area contributed by atoms with Gasteiger partial charge in [0.25, 0.3) is 0 Å². The number of ether oxygens (including phenoxy) is 2. The lowest BCUT2D eigenvalue weighted by atomic mass is 10.3. The summed E-state index contributed by atoms with van der Waals surface area (Å²) in [6.07, 6.45) is 0. The summed E-state index contributed by atoms with van der Waals surface area (Å²) in [6, 6.07) is -0.896. The summed E-state index contributed by atoms with van der Waals surface area (Å²) < 4.78 is 34.3. The number of alkyl halides is 1. The van der Waals surface area contributed by atoms with Crippen LogP contribution in [0.4, 0.5) is 0 Å². The van der Waals surface area contributed by atoms with E-state index in [1.165, 1.54) is 7.11 Å². The van der Waals surface area contributed by atoms with Crippen LogP contribution in [0, 0.1) is 0 Å². The van der Waals surface area contributed by atoms with Gasteiger partial charge in [-0.2, -0.15) is 4.31 Å². The van der Waals surface area contributed by atoms with Crippen molar-refractivity contribution >= 4 is 27.6 Å². The van der Waals surface area contributed by atoms with Crippen molar-refractivity contribution in [1.29, 1.82) is 0 Å². The zero-order valence-corrected chi connectivity index (χ0v) is 10.5. The number of hydrogen-bond acceptors (Lipinski definition) is 5. The maximum absolute atomic E-state index is 11.8. The predicted molar refractivity (Wildman–Crippen MR) is 57.8 cm³/mol. The molecule has 0 spiro atoms. The molecule has 1 aliphatic heterocycles. The average Bonchev–Trinajstić information content (AvgIpc) is 2.28. The van der Waals surface area contributed by atoms with Gasteiger partial charge >= 0.3 is 5.97 Å². The molecule has 0 N–H and O–H groups in total. The SMILES string of the molecule is COC(=O)C1COCCN1S(=O)(=O)CCCl. The van der Waals surface area contributed by atoms with Gasteiger partial charge in [0.2, 0.25) is 10.0 Å². The predicted octanol–water partition coefficient (Wildman–Crippen LogP) is -0.571. The zero-order chi connectivity index (χ0) is 12.2. The van der Waals surface area contributed by atoms with Crippen LogP contribution in [0.25, 0.3) is 0 Å². The monoisotopic (exact) mass is 271 g/mol. The van der Waals surface area contributed by atoms with Crippen LogP contribution in [0.15, 0.2) is 0 Å². The maximum atomic E-state index is 11.8. The van der Waals surface area contributed by atoms with Gasteiger partial charge in [-0.3, -0.25) is 4.79 Å². The van der Waals surface area contributed by atoms with E-state index in [4.69, 9.17) is 16.3 Å². The highest BCUT2D eigenvalue weighted by Gasteiger charge is 2.37. The smallest absolute Gasteiger partial charge is 0.326 e. The van der Waals surface area contributed by atoms with Gasteiger partial charge in [0.05, 0.1) is 26.1 Å². The number of sulfonamides is 1. The summed E-state index contributed by atoms with van der Waals surface area (Å²) in [5.41, 5.74) is 0. The van der Waals surface area contributed by atoms with Crippen LogP contribution in [0.5, 0.6) is 0 Å². The van der Waals surface area contributed by atoms with Gasteiger partial charge in [-0.15, -0.1) is 11.6 Å². The van der Waals surface area contributed by atoms with E-state index in [0.29, 0.717) is 0 Å². The lowest BCUT2D eigenvalue weighted by Gasteiger charge is -2.32. The summed E-state index contributed by atoms with van der Waals surface area (Å²) in [4.78, 5) is 11.4. The summed E-state index contributed by atoms with van der Waals surface area (Å²) in [7, 11) is -2.31. The Hall–Kier alpha value is -0.370. The van der Waals surface area contributed by atoms with Crippen molar-refractivity contribution in [2.75, 3.05) is 38.5 Å². The minimum Gasteiger partial charge on any atom is -0.468 e. The summed E-state index contributed by atoms with van der Waals surface area (Å²) in [5, 5.41) is 0. The van der Waals surface area contributed by atoms with Crippen LogP contribution in [0.2, 0.25) is 0 Å². The van der Waals surface area contributed by atoms with E-state index in [9.17, 15) is 13.2 Å². The van der Waals surface area contributed by atoms with Gasteiger partial charge in [-0.1, -0.05) is 0 Å². The van der Waals surface area contributed by atoms with Crippen molar-refractivity contribution in [1.82, 2.24) is 4.31 Å². The second-order valence-electron chi connectivity index (χ2n) is 3.23. The topological polar surface area (TPSA) is 72.9 Å². The molecule has 1 rings (SSSR count). The minimum atomic E-state index is -3.52. The first-order valence-corrected chi connectivity index (χ1v) is 6.88. The van der Waals surface area contributed by atoms with Crippen LogP contribution in [0.3, 0.4) is 0 Å². The van der Waals surface area contributed by atoms with E-state index in [1.54, 1.807) is 0 Å². The second kappa shape index (κ2) is 5.81. The highest BCUT2D eigenvalue weighted by molar-refractivity contribution is 7.89. The fourth-order valence-corrected chi connectivity index (χ4v) is 3.36. The molecule has 0 bridgehead atoms. The first-order valence-electron chi connectivity index (χ1n) is 4.74. The van der Waals surface area contributed by atoms with Gasteiger partial charge in [0, 0.05) is 12.4 Å². The van der Waals surface area contributed by atoms with E-state index < -0.39 is 22.0 Å². The van der Waals surface area contributed by atoms with Gasteiger partial charge in [-0.25, -0.2) is 8.42 Å². The molecular weight excluding hydrogens is 258 g/mol. The molecule has 1 unspecified atom stereocenters. The number of carbonyl (C=O) groups excluding carboxylic acids is 1. The Morgan fingerprint density at radius 2 is 2.31 bits per heavy atom. The number of halogens is 1. The first-order chi connectivity index (χ1) is 7.53. The Morgan fingerprint density at radius 1 is 1.62 bits per heavy atom. The van der Waals surface area contributed by atoms with Crippen LogP contribution < -0.4 is 0 Å². The third-order valence-corrected chi connectivity index (χ3v) is 4.53.